The van der Waals surface area contributed by atoms with Crippen LogP contribution in [-0.4, -0.2) is 44.9 Å². The quantitative estimate of drug-likeness (QED) is 0.788. The van der Waals surface area contributed by atoms with Crippen LogP contribution in [0.3, 0.4) is 0 Å². The summed E-state index contributed by atoms with van der Waals surface area (Å²) in [6, 6.07) is -0.142. The molecule has 6 nitrogen and oxygen atoms in total. The summed E-state index contributed by atoms with van der Waals surface area (Å²) in [7, 11) is 0. The fourth-order valence-corrected chi connectivity index (χ4v) is 3.03. The number of nitrogens with one attached hydrogen (secondary N) is 2. The predicted octanol–water partition coefficient (Wildman–Crippen LogP) is 2.53. The standard InChI is InChI=1S/C14H24F2N2O4/c1-14(2)6-10(8-17-12(19)21-4-3-15)5-11(7-14)18-13(20)22-9-16/h10-11H,3-9H2,1-2H3,(H,17,19)(H,18,20). The van der Waals surface area contributed by atoms with Crippen molar-refractivity contribution in [3.05, 3.63) is 0 Å². The first-order valence-electron chi connectivity index (χ1n) is 7.32. The third-order valence-electron chi connectivity index (χ3n) is 3.61. The van der Waals surface area contributed by atoms with Crippen LogP contribution >= 0.6 is 0 Å². The maximum Gasteiger partial charge on any atom is 0.409 e. The molecule has 2 unspecified atom stereocenters. The molecule has 0 aromatic carbocycles. The number of alkyl carbamates (subject to hydrolysis) is 2. The zero-order valence-corrected chi connectivity index (χ0v) is 13.0. The van der Waals surface area contributed by atoms with Gasteiger partial charge in [-0.1, -0.05) is 13.8 Å². The second-order valence-corrected chi connectivity index (χ2v) is 6.26. The van der Waals surface area contributed by atoms with Crippen LogP contribution in [0.15, 0.2) is 0 Å². The van der Waals surface area contributed by atoms with Gasteiger partial charge in [-0.3, -0.25) is 0 Å². The average Bonchev–Trinajstić information content (AvgIpc) is 2.41. The lowest BCUT2D eigenvalue weighted by molar-refractivity contribution is 0.0823. The van der Waals surface area contributed by atoms with Crippen molar-refractivity contribution in [1.29, 1.82) is 0 Å². The van der Waals surface area contributed by atoms with Gasteiger partial charge in [-0.25, -0.2) is 18.4 Å². The summed E-state index contributed by atoms with van der Waals surface area (Å²) in [4.78, 5) is 22.6. The lowest BCUT2D eigenvalue weighted by atomic mass is 9.70. The molecule has 0 aromatic heterocycles. The average molecular weight is 322 g/mol. The zero-order chi connectivity index (χ0) is 16.6. The van der Waals surface area contributed by atoms with Crippen molar-refractivity contribution in [3.8, 4) is 0 Å². The van der Waals surface area contributed by atoms with E-state index in [0.717, 1.165) is 12.8 Å². The van der Waals surface area contributed by atoms with Crippen LogP contribution in [-0.2, 0) is 9.47 Å². The van der Waals surface area contributed by atoms with Gasteiger partial charge >= 0.3 is 12.2 Å². The molecule has 2 amide bonds. The van der Waals surface area contributed by atoms with Crippen molar-refractivity contribution in [2.75, 3.05) is 26.7 Å². The van der Waals surface area contributed by atoms with Crippen LogP contribution < -0.4 is 10.6 Å². The minimum Gasteiger partial charge on any atom is -0.447 e. The van der Waals surface area contributed by atoms with Crippen LogP contribution in [0.1, 0.15) is 33.1 Å². The van der Waals surface area contributed by atoms with Crippen molar-refractivity contribution in [2.45, 2.75) is 39.2 Å². The van der Waals surface area contributed by atoms with Gasteiger partial charge in [0.05, 0.1) is 0 Å². The van der Waals surface area contributed by atoms with Crippen LogP contribution in [0.25, 0.3) is 0 Å². The summed E-state index contributed by atoms with van der Waals surface area (Å²) >= 11 is 0. The summed E-state index contributed by atoms with van der Waals surface area (Å²) in [5.74, 6) is 0.136. The Morgan fingerprint density at radius 2 is 1.91 bits per heavy atom. The molecule has 0 saturated heterocycles. The predicted molar refractivity (Wildman–Crippen MR) is 75.8 cm³/mol. The monoisotopic (exact) mass is 322 g/mol. The molecule has 0 spiro atoms. The molecule has 0 radical (unpaired) electrons. The van der Waals surface area contributed by atoms with E-state index in [4.69, 9.17) is 0 Å². The normalized spacial score (nSPS) is 23.5. The molecule has 8 heteroatoms. The molecule has 22 heavy (non-hydrogen) atoms. The molecule has 1 fully saturated rings. The molecule has 1 aliphatic rings. The summed E-state index contributed by atoms with van der Waals surface area (Å²) in [6.07, 6.45) is 0.833. The number of hydrogen-bond acceptors (Lipinski definition) is 4. The van der Waals surface area contributed by atoms with Gasteiger partial charge in [-0.05, 0) is 30.6 Å². The van der Waals surface area contributed by atoms with Gasteiger partial charge in [0.1, 0.15) is 13.3 Å². The number of amides is 2. The van der Waals surface area contributed by atoms with E-state index in [1.807, 2.05) is 0 Å². The van der Waals surface area contributed by atoms with Gasteiger partial charge in [-0.2, -0.15) is 0 Å². The molecule has 1 rings (SSSR count). The second-order valence-electron chi connectivity index (χ2n) is 6.26. The molecule has 0 aromatic rings. The van der Waals surface area contributed by atoms with Gasteiger partial charge in [0.15, 0.2) is 0 Å². The van der Waals surface area contributed by atoms with Crippen molar-refractivity contribution in [1.82, 2.24) is 10.6 Å². The molecule has 0 bridgehead atoms. The van der Waals surface area contributed by atoms with E-state index in [1.165, 1.54) is 0 Å². The Kier molecular flexibility index (Phi) is 7.34. The fourth-order valence-electron chi connectivity index (χ4n) is 3.03. The minimum atomic E-state index is -1.16. The first kappa shape index (κ1) is 18.4. The number of hydrogen-bond donors (Lipinski definition) is 2. The van der Waals surface area contributed by atoms with Crippen molar-refractivity contribution in [3.63, 3.8) is 0 Å². The highest BCUT2D eigenvalue weighted by Gasteiger charge is 2.35. The molecular weight excluding hydrogens is 298 g/mol. The lowest BCUT2D eigenvalue weighted by Crippen LogP contribution is -2.46. The second kappa shape index (κ2) is 8.75. The highest BCUT2D eigenvalue weighted by atomic mass is 19.1. The number of ether oxygens (including phenoxy) is 2. The SMILES string of the molecule is CC1(C)CC(CNC(=O)OCCF)CC(NC(=O)OCF)C1. The molecule has 2 N–H and O–H groups in total. The highest BCUT2D eigenvalue weighted by Crippen LogP contribution is 2.38. The Balaban J connectivity index is 2.45. The van der Waals surface area contributed by atoms with Crippen LogP contribution in [0.4, 0.5) is 18.4 Å². The van der Waals surface area contributed by atoms with E-state index < -0.39 is 25.7 Å². The molecular formula is C14H24F2N2O4. The van der Waals surface area contributed by atoms with E-state index in [1.54, 1.807) is 0 Å². The molecule has 2 atom stereocenters. The Morgan fingerprint density at radius 1 is 1.18 bits per heavy atom. The molecule has 128 valence electrons. The highest BCUT2D eigenvalue weighted by molar-refractivity contribution is 5.67. The van der Waals surface area contributed by atoms with E-state index >= 15 is 0 Å². The van der Waals surface area contributed by atoms with Crippen LogP contribution in [0.2, 0.25) is 0 Å². The number of alkyl halides is 2. The molecule has 1 aliphatic carbocycles. The summed E-state index contributed by atoms with van der Waals surface area (Å²) in [5.41, 5.74) is -0.0267. The third-order valence-corrected chi connectivity index (χ3v) is 3.61. The Morgan fingerprint density at radius 3 is 2.55 bits per heavy atom. The van der Waals surface area contributed by atoms with E-state index in [-0.39, 0.29) is 24.0 Å². The van der Waals surface area contributed by atoms with Gasteiger partial charge in [0.2, 0.25) is 6.86 Å². The number of carbonyl (C=O) groups is 2. The molecule has 0 heterocycles. The molecule has 0 aliphatic heterocycles. The maximum absolute atomic E-state index is 12.0. The van der Waals surface area contributed by atoms with Crippen molar-refractivity contribution >= 4 is 12.2 Å². The number of carbonyl (C=O) groups excluding carboxylic acids is 2. The van der Waals surface area contributed by atoms with E-state index in [0.29, 0.717) is 13.0 Å². The van der Waals surface area contributed by atoms with Gasteiger partial charge in [-0.15, -0.1) is 0 Å². The minimum absolute atomic E-state index is 0.0267. The Hall–Kier alpha value is -1.60. The Bertz CT molecular complexity index is 380. The smallest absolute Gasteiger partial charge is 0.409 e. The van der Waals surface area contributed by atoms with Gasteiger partial charge in [0.25, 0.3) is 0 Å². The van der Waals surface area contributed by atoms with Gasteiger partial charge < -0.3 is 20.1 Å². The van der Waals surface area contributed by atoms with Crippen LogP contribution in [0, 0.1) is 11.3 Å². The third kappa shape index (κ3) is 6.91. The topological polar surface area (TPSA) is 76.7 Å². The molecule has 1 saturated carbocycles. The van der Waals surface area contributed by atoms with E-state index in [2.05, 4.69) is 34.0 Å². The van der Waals surface area contributed by atoms with Gasteiger partial charge in [0, 0.05) is 12.6 Å². The van der Waals surface area contributed by atoms with Crippen molar-refractivity contribution < 1.29 is 27.8 Å². The lowest BCUT2D eigenvalue weighted by Gasteiger charge is -2.40. The summed E-state index contributed by atoms with van der Waals surface area (Å²) < 4.78 is 32.7. The zero-order valence-electron chi connectivity index (χ0n) is 13.0. The van der Waals surface area contributed by atoms with E-state index in [9.17, 15) is 18.4 Å². The largest absolute Gasteiger partial charge is 0.447 e. The first-order valence-corrected chi connectivity index (χ1v) is 7.32. The maximum atomic E-state index is 12.0. The Labute approximate surface area is 128 Å². The van der Waals surface area contributed by atoms with Crippen LogP contribution in [0.5, 0.6) is 0 Å². The summed E-state index contributed by atoms with van der Waals surface area (Å²) in [6.45, 7) is 2.37. The number of halogens is 2. The number of rotatable bonds is 6. The summed E-state index contributed by atoms with van der Waals surface area (Å²) in [5, 5.41) is 5.22. The first-order chi connectivity index (χ1) is 10.4. The van der Waals surface area contributed by atoms with Crippen molar-refractivity contribution in [2.24, 2.45) is 11.3 Å². The fraction of sp³-hybridized carbons (Fsp3) is 0.857.